The fourth-order valence-electron chi connectivity index (χ4n) is 2.63. The number of ether oxygens (including phenoxy) is 1. The first-order valence-electron chi connectivity index (χ1n) is 8.29. The molecule has 28 heavy (non-hydrogen) atoms. The summed E-state index contributed by atoms with van der Waals surface area (Å²) in [7, 11) is 0. The molecule has 3 rings (SSSR count). The molecule has 1 heterocycles. The predicted molar refractivity (Wildman–Crippen MR) is 133 cm³/mol. The SMILES string of the molecule is CCN1C(=O)/C(=C/c2cc(I)c(OCc3ccccc3C#N)c(I)c2)SC1=S. The normalized spacial score (nSPS) is 15.2. The van der Waals surface area contributed by atoms with Gasteiger partial charge in [0.1, 0.15) is 16.7 Å². The third kappa shape index (κ3) is 4.69. The number of benzene rings is 2. The summed E-state index contributed by atoms with van der Waals surface area (Å²) in [5.41, 5.74) is 2.39. The van der Waals surface area contributed by atoms with E-state index in [1.54, 1.807) is 11.0 Å². The lowest BCUT2D eigenvalue weighted by molar-refractivity contribution is -0.121. The standard InChI is InChI=1S/C20H14I2N2O2S2/c1-2-24-19(25)17(28-20(24)27)9-12-7-15(21)18(16(22)8-12)26-11-14-6-4-3-5-13(14)10-23/h3-9H,2,11H2,1H3/b17-9-. The predicted octanol–water partition coefficient (Wildman–Crippen LogP) is 5.57. The maximum Gasteiger partial charge on any atom is 0.266 e. The van der Waals surface area contributed by atoms with Crippen LogP contribution in [0.15, 0.2) is 41.3 Å². The van der Waals surface area contributed by atoms with Gasteiger partial charge in [-0.25, -0.2) is 0 Å². The number of rotatable bonds is 5. The number of thiocarbonyl (C=S) groups is 1. The van der Waals surface area contributed by atoms with Crippen LogP contribution in [-0.4, -0.2) is 21.7 Å². The van der Waals surface area contributed by atoms with Crippen LogP contribution in [0.4, 0.5) is 0 Å². The Kier molecular flexibility index (Phi) is 7.36. The maximum absolute atomic E-state index is 12.4. The lowest BCUT2D eigenvalue weighted by atomic mass is 10.1. The molecule has 1 amide bonds. The van der Waals surface area contributed by atoms with E-state index in [9.17, 15) is 10.1 Å². The summed E-state index contributed by atoms with van der Waals surface area (Å²) in [5.74, 6) is 0.725. The van der Waals surface area contributed by atoms with Crippen molar-refractivity contribution in [1.29, 1.82) is 5.26 Å². The molecule has 0 aromatic heterocycles. The lowest BCUT2D eigenvalue weighted by Gasteiger charge is -2.12. The molecule has 1 aliphatic rings. The molecule has 0 bridgehead atoms. The molecule has 0 N–H and O–H groups in total. The molecule has 0 unspecified atom stereocenters. The molecule has 0 radical (unpaired) electrons. The average Bonchev–Trinajstić information content (AvgIpc) is 2.94. The zero-order valence-electron chi connectivity index (χ0n) is 14.7. The average molecular weight is 632 g/mol. The van der Waals surface area contributed by atoms with Crippen LogP contribution in [0.3, 0.4) is 0 Å². The monoisotopic (exact) mass is 632 g/mol. The van der Waals surface area contributed by atoms with Gasteiger partial charge in [0, 0.05) is 12.1 Å². The first kappa shape index (κ1) is 21.5. The smallest absolute Gasteiger partial charge is 0.266 e. The molecule has 0 atom stereocenters. The minimum atomic E-state index is -0.0454. The number of carbonyl (C=O) groups excluding carboxylic acids is 1. The maximum atomic E-state index is 12.4. The van der Waals surface area contributed by atoms with Crippen molar-refractivity contribution in [2.24, 2.45) is 0 Å². The number of likely N-dealkylation sites (N-methyl/N-ethyl adjacent to an activating group) is 1. The quantitative estimate of drug-likeness (QED) is 0.246. The second-order valence-corrected chi connectivity index (χ2v) is 9.80. The van der Waals surface area contributed by atoms with Gasteiger partial charge in [-0.15, -0.1) is 0 Å². The Morgan fingerprint density at radius 1 is 1.29 bits per heavy atom. The molecule has 1 fully saturated rings. The van der Waals surface area contributed by atoms with Crippen molar-refractivity contribution < 1.29 is 9.53 Å². The first-order chi connectivity index (χ1) is 13.4. The van der Waals surface area contributed by atoms with Crippen molar-refractivity contribution in [2.45, 2.75) is 13.5 Å². The van der Waals surface area contributed by atoms with Crippen LogP contribution in [0.1, 0.15) is 23.6 Å². The Hall–Kier alpha value is -1.16. The molecule has 142 valence electrons. The molecule has 1 saturated heterocycles. The summed E-state index contributed by atoms with van der Waals surface area (Å²) in [4.78, 5) is 14.6. The van der Waals surface area contributed by atoms with E-state index in [-0.39, 0.29) is 5.91 Å². The Balaban J connectivity index is 1.82. The van der Waals surface area contributed by atoms with E-state index >= 15 is 0 Å². The van der Waals surface area contributed by atoms with Gasteiger partial charge < -0.3 is 4.74 Å². The molecule has 4 nitrogen and oxygen atoms in total. The largest absolute Gasteiger partial charge is 0.487 e. The van der Waals surface area contributed by atoms with Gasteiger partial charge in [0.05, 0.1) is 23.7 Å². The van der Waals surface area contributed by atoms with Gasteiger partial charge in [-0.1, -0.05) is 42.2 Å². The molecule has 2 aromatic carbocycles. The number of thioether (sulfide) groups is 1. The van der Waals surface area contributed by atoms with E-state index < -0.39 is 0 Å². The zero-order valence-corrected chi connectivity index (χ0v) is 20.7. The van der Waals surface area contributed by atoms with Crippen molar-refractivity contribution in [1.82, 2.24) is 4.90 Å². The van der Waals surface area contributed by atoms with Gasteiger partial charge >= 0.3 is 0 Å². The molecule has 2 aromatic rings. The van der Waals surface area contributed by atoms with Gasteiger partial charge in [0.25, 0.3) is 5.91 Å². The summed E-state index contributed by atoms with van der Waals surface area (Å²) in [5, 5.41) is 9.22. The van der Waals surface area contributed by atoms with Crippen molar-refractivity contribution in [3.05, 3.63) is 65.1 Å². The van der Waals surface area contributed by atoms with E-state index in [0.717, 1.165) is 24.0 Å². The van der Waals surface area contributed by atoms with Gasteiger partial charge in [-0.05, 0) is 81.9 Å². The zero-order chi connectivity index (χ0) is 20.3. The van der Waals surface area contributed by atoms with Crippen LogP contribution in [0.5, 0.6) is 5.75 Å². The Morgan fingerprint density at radius 3 is 2.57 bits per heavy atom. The van der Waals surface area contributed by atoms with Gasteiger partial charge in [0.15, 0.2) is 0 Å². The van der Waals surface area contributed by atoms with Crippen molar-refractivity contribution in [2.75, 3.05) is 6.54 Å². The van der Waals surface area contributed by atoms with Crippen molar-refractivity contribution in [3.8, 4) is 11.8 Å². The third-order valence-corrected chi connectivity index (χ3v) is 7.00. The molecule has 1 aliphatic heterocycles. The lowest BCUT2D eigenvalue weighted by Crippen LogP contribution is -2.27. The van der Waals surface area contributed by atoms with E-state index in [4.69, 9.17) is 17.0 Å². The van der Waals surface area contributed by atoms with Crippen molar-refractivity contribution >= 4 is 85.5 Å². The Morgan fingerprint density at radius 2 is 1.96 bits per heavy atom. The number of amides is 1. The van der Waals surface area contributed by atoms with Gasteiger partial charge in [-0.2, -0.15) is 5.26 Å². The highest BCUT2D eigenvalue weighted by Gasteiger charge is 2.30. The van der Waals surface area contributed by atoms with E-state index in [0.29, 0.717) is 27.9 Å². The van der Waals surface area contributed by atoms with Crippen LogP contribution in [0.2, 0.25) is 0 Å². The summed E-state index contributed by atoms with van der Waals surface area (Å²) in [6.07, 6.45) is 1.87. The third-order valence-electron chi connectivity index (χ3n) is 4.02. The second kappa shape index (κ2) is 9.56. The minimum absolute atomic E-state index is 0.0454. The highest BCUT2D eigenvalue weighted by atomic mass is 127. The van der Waals surface area contributed by atoms with Crippen molar-refractivity contribution in [3.63, 3.8) is 0 Å². The number of nitrogens with zero attached hydrogens (tertiary/aromatic N) is 2. The number of halogens is 2. The number of hydrogen-bond acceptors (Lipinski definition) is 5. The minimum Gasteiger partial charge on any atom is -0.487 e. The Labute approximate surface area is 200 Å². The van der Waals surface area contributed by atoms with Crippen LogP contribution >= 0.6 is 69.2 Å². The summed E-state index contributed by atoms with van der Waals surface area (Å²) in [6.45, 7) is 2.81. The summed E-state index contributed by atoms with van der Waals surface area (Å²) < 4.78 is 8.48. The van der Waals surface area contributed by atoms with Gasteiger partial charge in [-0.3, -0.25) is 9.69 Å². The van der Waals surface area contributed by atoms with Crippen LogP contribution in [0.25, 0.3) is 6.08 Å². The summed E-state index contributed by atoms with van der Waals surface area (Å²) in [6, 6.07) is 13.6. The molecular weight excluding hydrogens is 618 g/mol. The molecular formula is C20H14I2N2O2S2. The fraction of sp³-hybridized carbons (Fsp3) is 0.150. The first-order valence-corrected chi connectivity index (χ1v) is 11.7. The number of nitriles is 1. The van der Waals surface area contributed by atoms with Crippen LogP contribution in [0, 0.1) is 18.5 Å². The molecule has 0 aliphatic carbocycles. The van der Waals surface area contributed by atoms with Crippen LogP contribution < -0.4 is 4.74 Å². The number of hydrogen-bond donors (Lipinski definition) is 0. The number of carbonyl (C=O) groups is 1. The Bertz CT molecular complexity index is 1010. The fourth-order valence-corrected chi connectivity index (χ4v) is 6.14. The van der Waals surface area contributed by atoms with Gasteiger partial charge in [0.2, 0.25) is 0 Å². The molecule has 0 spiro atoms. The van der Waals surface area contributed by atoms with Crippen LogP contribution in [-0.2, 0) is 11.4 Å². The highest BCUT2D eigenvalue weighted by Crippen LogP contribution is 2.35. The van der Waals surface area contributed by atoms with E-state index in [2.05, 4.69) is 51.3 Å². The summed E-state index contributed by atoms with van der Waals surface area (Å²) >= 11 is 11.1. The van der Waals surface area contributed by atoms with E-state index in [1.165, 1.54) is 11.8 Å². The second-order valence-electron chi connectivity index (χ2n) is 5.80. The topological polar surface area (TPSA) is 53.3 Å². The molecule has 0 saturated carbocycles. The highest BCUT2D eigenvalue weighted by molar-refractivity contribution is 14.1. The van der Waals surface area contributed by atoms with E-state index in [1.807, 2.05) is 43.3 Å². The molecule has 8 heteroatoms.